The fraction of sp³-hybridized carbons (Fsp3) is 0.227. The fourth-order valence-corrected chi connectivity index (χ4v) is 3.45. The predicted octanol–water partition coefficient (Wildman–Crippen LogP) is 2.28. The summed E-state index contributed by atoms with van der Waals surface area (Å²) in [4.78, 5) is 31.0. The number of nitrogens with zero attached hydrogens (tertiary/aromatic N) is 2. The summed E-state index contributed by atoms with van der Waals surface area (Å²) in [7, 11) is 0. The molecule has 8 nitrogen and oxygen atoms in total. The van der Waals surface area contributed by atoms with Crippen molar-refractivity contribution in [1.82, 2.24) is 4.98 Å². The first-order valence-corrected chi connectivity index (χ1v) is 9.57. The number of pyridine rings is 1. The van der Waals surface area contributed by atoms with E-state index in [-0.39, 0.29) is 19.0 Å². The fourth-order valence-electron chi connectivity index (χ4n) is 3.45. The monoisotopic (exact) mass is 442 g/mol. The maximum absolute atomic E-state index is 12.9. The van der Waals surface area contributed by atoms with E-state index in [4.69, 9.17) is 10.5 Å². The summed E-state index contributed by atoms with van der Waals surface area (Å²) < 4.78 is 5.45. The molecule has 1 aliphatic rings. The van der Waals surface area contributed by atoms with E-state index in [0.717, 1.165) is 16.3 Å². The summed E-state index contributed by atoms with van der Waals surface area (Å²) in [6.45, 7) is 2.53. The zero-order valence-electron chi connectivity index (χ0n) is 16.8. The third-order valence-corrected chi connectivity index (χ3v) is 5.09. The normalized spacial score (nSPS) is 17.2. The van der Waals surface area contributed by atoms with Crippen molar-refractivity contribution in [3.05, 3.63) is 60.3 Å². The first-order valence-electron chi connectivity index (χ1n) is 9.57. The first kappa shape index (κ1) is 22.5. The third kappa shape index (κ3) is 4.61. The van der Waals surface area contributed by atoms with Gasteiger partial charge in [0.25, 0.3) is 11.8 Å². The van der Waals surface area contributed by atoms with Gasteiger partial charge in [0.15, 0.2) is 12.2 Å². The van der Waals surface area contributed by atoms with E-state index >= 15 is 0 Å². The van der Waals surface area contributed by atoms with Crippen LogP contribution in [0.4, 0.5) is 17.2 Å². The number of ether oxygens (including phenoxy) is 1. The van der Waals surface area contributed by atoms with E-state index in [1.54, 1.807) is 30.5 Å². The second-order valence-corrected chi connectivity index (χ2v) is 7.18. The summed E-state index contributed by atoms with van der Waals surface area (Å²) in [5, 5.41) is 14.7. The molecular formula is C22H23ClN4O4. The second-order valence-electron chi connectivity index (χ2n) is 7.18. The number of carbonyl (C=O) groups is 2. The van der Waals surface area contributed by atoms with Crippen molar-refractivity contribution in [3.8, 4) is 0 Å². The molecule has 2 atom stereocenters. The predicted molar refractivity (Wildman–Crippen MR) is 121 cm³/mol. The molecule has 0 aliphatic carbocycles. The topological polar surface area (TPSA) is 118 Å². The maximum Gasteiger partial charge on any atom is 0.259 e. The number of aromatic nitrogens is 1. The van der Waals surface area contributed by atoms with Gasteiger partial charge in [0, 0.05) is 29.5 Å². The number of carbonyl (C=O) groups excluding carboxylic acids is 2. The van der Waals surface area contributed by atoms with E-state index in [9.17, 15) is 14.7 Å². The molecule has 1 unspecified atom stereocenters. The molecule has 0 bridgehead atoms. The molecule has 0 spiro atoms. The zero-order chi connectivity index (χ0) is 21.3. The van der Waals surface area contributed by atoms with Crippen LogP contribution in [0.2, 0.25) is 0 Å². The SMILES string of the molecule is Cc1ccc(N2CCO[C@H](C(O)C(=O)Nc3ccc4c(N)nccc4c3)C2=O)cc1.Cl. The lowest BCUT2D eigenvalue weighted by Crippen LogP contribution is -2.55. The minimum atomic E-state index is -1.65. The average molecular weight is 443 g/mol. The summed E-state index contributed by atoms with van der Waals surface area (Å²) >= 11 is 0. The Balaban J connectivity index is 0.00000272. The lowest BCUT2D eigenvalue weighted by molar-refractivity contribution is -0.150. The lowest BCUT2D eigenvalue weighted by Gasteiger charge is -2.34. The van der Waals surface area contributed by atoms with Gasteiger partial charge in [-0.15, -0.1) is 12.4 Å². The summed E-state index contributed by atoms with van der Waals surface area (Å²) in [5.41, 5.74) is 8.08. The number of nitrogens with two attached hydrogens (primary N) is 1. The van der Waals surface area contributed by atoms with E-state index < -0.39 is 24.0 Å². The number of anilines is 3. The number of rotatable bonds is 4. The highest BCUT2D eigenvalue weighted by Gasteiger charge is 2.39. The molecule has 1 fully saturated rings. The van der Waals surface area contributed by atoms with Gasteiger partial charge < -0.3 is 25.8 Å². The highest BCUT2D eigenvalue weighted by Crippen LogP contribution is 2.24. The van der Waals surface area contributed by atoms with Crippen LogP contribution in [0.25, 0.3) is 10.8 Å². The molecular weight excluding hydrogens is 420 g/mol. The Labute approximate surface area is 185 Å². The zero-order valence-corrected chi connectivity index (χ0v) is 17.6. The molecule has 1 aliphatic heterocycles. The number of morpholine rings is 1. The second kappa shape index (κ2) is 9.30. The number of hydrogen-bond acceptors (Lipinski definition) is 6. The summed E-state index contributed by atoms with van der Waals surface area (Å²) in [6.07, 6.45) is -1.35. The van der Waals surface area contributed by atoms with Gasteiger partial charge >= 0.3 is 0 Å². The van der Waals surface area contributed by atoms with Crippen LogP contribution in [-0.2, 0) is 14.3 Å². The standard InChI is InChI=1S/C22H22N4O4.ClH/c1-13-2-5-16(6-3-13)26-10-11-30-19(22(26)29)18(27)21(28)25-15-4-7-17-14(12-15)8-9-24-20(17)23;/h2-9,12,18-19,27H,10-11H2,1H3,(H2,23,24)(H,25,28);1H/t18?,19-;/m1./s1. The molecule has 1 saturated heterocycles. The highest BCUT2D eigenvalue weighted by molar-refractivity contribution is 6.04. The van der Waals surface area contributed by atoms with Gasteiger partial charge in [0.2, 0.25) is 0 Å². The van der Waals surface area contributed by atoms with Crippen LogP contribution in [0.5, 0.6) is 0 Å². The van der Waals surface area contributed by atoms with Crippen molar-refractivity contribution < 1.29 is 19.4 Å². The number of nitrogen functional groups attached to an aromatic ring is 1. The molecule has 2 amide bonds. The number of aryl methyl sites for hydroxylation is 1. The summed E-state index contributed by atoms with van der Waals surface area (Å²) in [6, 6.07) is 14.4. The van der Waals surface area contributed by atoms with Crippen molar-refractivity contribution in [2.75, 3.05) is 29.1 Å². The van der Waals surface area contributed by atoms with Crippen LogP contribution < -0.4 is 16.0 Å². The van der Waals surface area contributed by atoms with Crippen LogP contribution in [-0.4, -0.2) is 47.3 Å². The molecule has 1 aromatic heterocycles. The molecule has 9 heteroatoms. The Hall–Kier alpha value is -3.20. The van der Waals surface area contributed by atoms with E-state index in [1.165, 1.54) is 4.90 Å². The van der Waals surface area contributed by atoms with Crippen molar-refractivity contribution in [1.29, 1.82) is 0 Å². The van der Waals surface area contributed by atoms with Gasteiger partial charge in [0.1, 0.15) is 5.82 Å². The summed E-state index contributed by atoms with van der Waals surface area (Å²) in [5.74, 6) is -0.784. The smallest absolute Gasteiger partial charge is 0.259 e. The molecule has 2 heterocycles. The van der Waals surface area contributed by atoms with E-state index in [2.05, 4.69) is 10.3 Å². The molecule has 4 rings (SSSR count). The molecule has 162 valence electrons. The Kier molecular flexibility index (Phi) is 6.74. The van der Waals surface area contributed by atoms with Gasteiger partial charge in [0.05, 0.1) is 6.61 Å². The number of aliphatic hydroxyl groups is 1. The van der Waals surface area contributed by atoms with Gasteiger partial charge in [-0.2, -0.15) is 0 Å². The number of benzene rings is 2. The quantitative estimate of drug-likeness (QED) is 0.570. The average Bonchev–Trinajstić information content (AvgIpc) is 2.74. The maximum atomic E-state index is 12.9. The van der Waals surface area contributed by atoms with Crippen molar-refractivity contribution in [3.63, 3.8) is 0 Å². The van der Waals surface area contributed by atoms with E-state index in [1.807, 2.05) is 31.2 Å². The molecule has 3 aromatic rings. The number of nitrogens with one attached hydrogen (secondary N) is 1. The minimum Gasteiger partial charge on any atom is -0.383 e. The molecule has 4 N–H and O–H groups in total. The van der Waals surface area contributed by atoms with Gasteiger partial charge in [-0.05, 0) is 48.7 Å². The highest BCUT2D eigenvalue weighted by atomic mass is 35.5. The Morgan fingerprint density at radius 1 is 1.26 bits per heavy atom. The van der Waals surface area contributed by atoms with Crippen LogP contribution in [0.15, 0.2) is 54.7 Å². The number of amides is 2. The van der Waals surface area contributed by atoms with Crippen LogP contribution >= 0.6 is 12.4 Å². The van der Waals surface area contributed by atoms with Crippen molar-refractivity contribution >= 4 is 52.2 Å². The largest absolute Gasteiger partial charge is 0.383 e. The van der Waals surface area contributed by atoms with Crippen molar-refractivity contribution in [2.45, 2.75) is 19.1 Å². The first-order chi connectivity index (χ1) is 14.4. The van der Waals surface area contributed by atoms with Crippen molar-refractivity contribution in [2.24, 2.45) is 0 Å². The Morgan fingerprint density at radius 3 is 2.74 bits per heavy atom. The Bertz CT molecular complexity index is 1110. The van der Waals surface area contributed by atoms with Gasteiger partial charge in [-0.3, -0.25) is 9.59 Å². The van der Waals surface area contributed by atoms with E-state index in [0.29, 0.717) is 23.7 Å². The van der Waals surface area contributed by atoms with Gasteiger partial charge in [-0.1, -0.05) is 17.7 Å². The van der Waals surface area contributed by atoms with Crippen LogP contribution in [0.1, 0.15) is 5.56 Å². The minimum absolute atomic E-state index is 0. The third-order valence-electron chi connectivity index (χ3n) is 5.09. The molecule has 0 radical (unpaired) electrons. The molecule has 2 aromatic carbocycles. The molecule has 0 saturated carbocycles. The Morgan fingerprint density at radius 2 is 2.00 bits per heavy atom. The number of hydrogen-bond donors (Lipinski definition) is 3. The number of aliphatic hydroxyl groups excluding tert-OH is 1. The number of halogens is 1. The van der Waals surface area contributed by atoms with Crippen LogP contribution in [0, 0.1) is 6.92 Å². The molecule has 31 heavy (non-hydrogen) atoms. The lowest BCUT2D eigenvalue weighted by atomic mass is 10.1. The van der Waals surface area contributed by atoms with Gasteiger partial charge in [-0.25, -0.2) is 4.98 Å². The van der Waals surface area contributed by atoms with Crippen LogP contribution in [0.3, 0.4) is 0 Å². The number of fused-ring (bicyclic) bond motifs is 1.